The van der Waals surface area contributed by atoms with Crippen LogP contribution in [0.1, 0.15) is 12.7 Å². The third kappa shape index (κ3) is 2.36. The van der Waals surface area contributed by atoms with E-state index < -0.39 is 0 Å². The van der Waals surface area contributed by atoms with Gasteiger partial charge in [0.15, 0.2) is 5.82 Å². The van der Waals surface area contributed by atoms with Gasteiger partial charge in [-0.05, 0) is 41.1 Å². The van der Waals surface area contributed by atoms with Crippen molar-refractivity contribution in [2.75, 3.05) is 0 Å². The fourth-order valence-corrected chi connectivity index (χ4v) is 2.16. The Bertz CT molecular complexity index is 538. The lowest BCUT2D eigenvalue weighted by Crippen LogP contribution is -2.08. The Kier molecular flexibility index (Phi) is 3.81. The highest BCUT2D eigenvalue weighted by molar-refractivity contribution is 9.10. The number of aromatic nitrogens is 3. The highest BCUT2D eigenvalue weighted by Gasteiger charge is 2.12. The third-order valence-electron chi connectivity index (χ3n) is 2.50. The zero-order valence-corrected chi connectivity index (χ0v) is 11.7. The van der Waals surface area contributed by atoms with E-state index in [1.54, 1.807) is 0 Å². The van der Waals surface area contributed by atoms with Crippen LogP contribution in [-0.2, 0) is 13.1 Å². The molecule has 17 heavy (non-hydrogen) atoms. The normalized spacial score (nSPS) is 10.8. The molecule has 0 unspecified atom stereocenters. The first-order valence-electron chi connectivity index (χ1n) is 5.25. The lowest BCUT2D eigenvalue weighted by Gasteiger charge is -2.07. The molecule has 90 valence electrons. The van der Waals surface area contributed by atoms with Crippen LogP contribution in [0.25, 0.3) is 11.4 Å². The fraction of sp³-hybridized carbons (Fsp3) is 0.273. The Labute approximate surface area is 113 Å². The number of nitrogens with zero attached hydrogens (tertiary/aromatic N) is 3. The van der Waals surface area contributed by atoms with Gasteiger partial charge in [0.2, 0.25) is 0 Å². The summed E-state index contributed by atoms with van der Waals surface area (Å²) >= 11 is 9.36. The van der Waals surface area contributed by atoms with Crippen molar-refractivity contribution in [3.05, 3.63) is 33.5 Å². The molecule has 0 aliphatic heterocycles. The third-order valence-corrected chi connectivity index (χ3v) is 3.72. The maximum absolute atomic E-state index is 5.96. The van der Waals surface area contributed by atoms with E-state index in [2.05, 4.69) is 26.1 Å². The van der Waals surface area contributed by atoms with Crippen LogP contribution in [0.15, 0.2) is 22.7 Å². The molecule has 0 fully saturated rings. The van der Waals surface area contributed by atoms with Gasteiger partial charge in [0.25, 0.3) is 0 Å². The summed E-state index contributed by atoms with van der Waals surface area (Å²) in [6.45, 7) is 3.21. The summed E-state index contributed by atoms with van der Waals surface area (Å²) in [6, 6.07) is 5.68. The summed E-state index contributed by atoms with van der Waals surface area (Å²) in [4.78, 5) is 0. The van der Waals surface area contributed by atoms with Crippen molar-refractivity contribution in [1.82, 2.24) is 14.8 Å². The standard InChI is InChI=1S/C11H12BrClN4/c1-2-17-10(6-14)15-16-11(17)7-3-4-9(13)8(12)5-7/h3-5H,2,6,14H2,1H3. The number of hydrogen-bond donors (Lipinski definition) is 1. The zero-order chi connectivity index (χ0) is 12.4. The van der Waals surface area contributed by atoms with Crippen LogP contribution in [0, 0.1) is 0 Å². The smallest absolute Gasteiger partial charge is 0.164 e. The minimum atomic E-state index is 0.385. The summed E-state index contributed by atoms with van der Waals surface area (Å²) in [6.07, 6.45) is 0. The molecule has 2 aromatic rings. The van der Waals surface area contributed by atoms with Crippen molar-refractivity contribution in [1.29, 1.82) is 0 Å². The first kappa shape index (κ1) is 12.5. The summed E-state index contributed by atoms with van der Waals surface area (Å²) < 4.78 is 2.84. The van der Waals surface area contributed by atoms with Gasteiger partial charge in [0.1, 0.15) is 5.82 Å². The van der Waals surface area contributed by atoms with Crippen LogP contribution in [-0.4, -0.2) is 14.8 Å². The molecule has 0 spiro atoms. The predicted molar refractivity (Wildman–Crippen MR) is 71.7 cm³/mol. The monoisotopic (exact) mass is 314 g/mol. The number of nitrogens with two attached hydrogens (primary N) is 1. The lowest BCUT2D eigenvalue weighted by atomic mass is 10.2. The van der Waals surface area contributed by atoms with Gasteiger partial charge in [-0.15, -0.1) is 10.2 Å². The van der Waals surface area contributed by atoms with Crippen LogP contribution in [0.5, 0.6) is 0 Å². The average Bonchev–Trinajstić information content (AvgIpc) is 2.75. The van der Waals surface area contributed by atoms with Crippen molar-refractivity contribution in [2.24, 2.45) is 5.73 Å². The van der Waals surface area contributed by atoms with E-state index in [9.17, 15) is 0 Å². The molecule has 2 rings (SSSR count). The van der Waals surface area contributed by atoms with E-state index in [0.29, 0.717) is 11.6 Å². The molecule has 1 aromatic carbocycles. The molecule has 4 nitrogen and oxygen atoms in total. The first-order chi connectivity index (χ1) is 8.17. The Balaban J connectivity index is 2.52. The van der Waals surface area contributed by atoms with Gasteiger partial charge in [-0.1, -0.05) is 11.6 Å². The van der Waals surface area contributed by atoms with Crippen LogP contribution >= 0.6 is 27.5 Å². The Morgan fingerprint density at radius 2 is 2.18 bits per heavy atom. The van der Waals surface area contributed by atoms with Crippen LogP contribution in [0.3, 0.4) is 0 Å². The summed E-state index contributed by atoms with van der Waals surface area (Å²) in [5.74, 6) is 1.60. The molecule has 0 atom stereocenters. The van der Waals surface area contributed by atoms with E-state index in [1.807, 2.05) is 29.7 Å². The second-order valence-corrected chi connectivity index (χ2v) is 4.78. The van der Waals surface area contributed by atoms with Gasteiger partial charge in [-0.2, -0.15) is 0 Å². The van der Waals surface area contributed by atoms with Gasteiger partial charge in [0.05, 0.1) is 11.6 Å². The number of benzene rings is 1. The number of halogens is 2. The van der Waals surface area contributed by atoms with E-state index in [-0.39, 0.29) is 0 Å². The Morgan fingerprint density at radius 3 is 2.76 bits per heavy atom. The van der Waals surface area contributed by atoms with Crippen molar-refractivity contribution in [3.8, 4) is 11.4 Å². The SMILES string of the molecule is CCn1c(CN)nnc1-c1ccc(Cl)c(Br)c1. The molecule has 0 saturated carbocycles. The Hall–Kier alpha value is -0.910. The van der Waals surface area contributed by atoms with Gasteiger partial charge in [-0.25, -0.2) is 0 Å². The summed E-state index contributed by atoms with van der Waals surface area (Å²) in [5, 5.41) is 8.92. The van der Waals surface area contributed by atoms with Crippen molar-refractivity contribution >= 4 is 27.5 Å². The first-order valence-corrected chi connectivity index (χ1v) is 6.42. The lowest BCUT2D eigenvalue weighted by molar-refractivity contribution is 0.704. The van der Waals surface area contributed by atoms with Gasteiger partial charge >= 0.3 is 0 Å². The second-order valence-electron chi connectivity index (χ2n) is 3.52. The maximum atomic E-state index is 5.96. The highest BCUT2D eigenvalue weighted by Crippen LogP contribution is 2.28. The van der Waals surface area contributed by atoms with Crippen LogP contribution in [0.2, 0.25) is 5.02 Å². The summed E-state index contributed by atoms with van der Waals surface area (Å²) in [5.41, 5.74) is 6.59. The highest BCUT2D eigenvalue weighted by atomic mass is 79.9. The molecule has 0 saturated heterocycles. The fourth-order valence-electron chi connectivity index (χ4n) is 1.67. The largest absolute Gasteiger partial charge is 0.324 e. The zero-order valence-electron chi connectivity index (χ0n) is 9.32. The molecule has 0 aliphatic rings. The summed E-state index contributed by atoms with van der Waals surface area (Å²) in [7, 11) is 0. The van der Waals surface area contributed by atoms with E-state index in [1.165, 1.54) is 0 Å². The van der Waals surface area contributed by atoms with Gasteiger partial charge in [0, 0.05) is 16.6 Å². The number of rotatable bonds is 3. The van der Waals surface area contributed by atoms with E-state index in [4.69, 9.17) is 17.3 Å². The van der Waals surface area contributed by atoms with Crippen molar-refractivity contribution in [2.45, 2.75) is 20.0 Å². The van der Waals surface area contributed by atoms with E-state index in [0.717, 1.165) is 28.2 Å². The average molecular weight is 316 g/mol. The van der Waals surface area contributed by atoms with Gasteiger partial charge in [-0.3, -0.25) is 0 Å². The molecule has 0 aliphatic carbocycles. The van der Waals surface area contributed by atoms with Crippen LogP contribution in [0.4, 0.5) is 0 Å². The molecule has 6 heteroatoms. The molecule has 1 aromatic heterocycles. The molecule has 0 radical (unpaired) electrons. The topological polar surface area (TPSA) is 56.7 Å². The second kappa shape index (κ2) is 5.16. The minimum absolute atomic E-state index is 0.385. The van der Waals surface area contributed by atoms with Crippen molar-refractivity contribution in [3.63, 3.8) is 0 Å². The van der Waals surface area contributed by atoms with E-state index >= 15 is 0 Å². The number of hydrogen-bond acceptors (Lipinski definition) is 3. The molecule has 2 N–H and O–H groups in total. The molecular weight excluding hydrogens is 304 g/mol. The minimum Gasteiger partial charge on any atom is -0.324 e. The molecular formula is C11H12BrClN4. The van der Waals surface area contributed by atoms with Crippen molar-refractivity contribution < 1.29 is 0 Å². The molecule has 1 heterocycles. The quantitative estimate of drug-likeness (QED) is 0.947. The predicted octanol–water partition coefficient (Wildman–Crippen LogP) is 2.84. The Morgan fingerprint density at radius 1 is 1.41 bits per heavy atom. The maximum Gasteiger partial charge on any atom is 0.164 e. The van der Waals surface area contributed by atoms with Crippen LogP contribution < -0.4 is 5.73 Å². The van der Waals surface area contributed by atoms with Gasteiger partial charge < -0.3 is 10.3 Å². The molecule has 0 bridgehead atoms. The molecule has 0 amide bonds.